The second-order valence-corrected chi connectivity index (χ2v) is 11.9. The molecule has 15 nitrogen and oxygen atoms in total. The number of nitrogens with one attached hydrogen (secondary N) is 1. The summed E-state index contributed by atoms with van der Waals surface area (Å²) in [4.78, 5) is 12.6. The van der Waals surface area contributed by atoms with Crippen LogP contribution in [0.2, 0.25) is 0 Å². The van der Waals surface area contributed by atoms with Crippen molar-refractivity contribution >= 4 is 5.97 Å². The van der Waals surface area contributed by atoms with Gasteiger partial charge in [0.2, 0.25) is 0 Å². The summed E-state index contributed by atoms with van der Waals surface area (Å²) in [7, 11) is 1.58. The zero-order chi connectivity index (χ0) is 31.7. The monoisotopic (exact) mass is 629 g/mol. The number of ether oxygens (including phenoxy) is 6. The molecule has 0 bridgehead atoms. The van der Waals surface area contributed by atoms with Crippen LogP contribution in [-0.2, 0) is 28.4 Å². The first-order valence-corrected chi connectivity index (χ1v) is 14.9. The minimum absolute atomic E-state index is 0.107. The summed E-state index contributed by atoms with van der Waals surface area (Å²) in [5, 5.41) is 34.2. The Kier molecular flexibility index (Phi) is 10.8. The number of benzene rings is 1. The number of nitrogens with two attached hydrogens (primary N) is 4. The first-order chi connectivity index (χ1) is 21.0. The van der Waals surface area contributed by atoms with Crippen LogP contribution in [0.25, 0.3) is 0 Å². The quantitative estimate of drug-likeness (QED) is 0.133. The molecule has 1 aliphatic carbocycles. The highest BCUT2D eigenvalue weighted by atomic mass is 19.1. The fourth-order valence-electron chi connectivity index (χ4n) is 6.30. The van der Waals surface area contributed by atoms with Gasteiger partial charge in [0.15, 0.2) is 31.1 Å². The zero-order valence-corrected chi connectivity index (χ0v) is 24.3. The molecule has 4 fully saturated rings. The average Bonchev–Trinajstić information content (AvgIpc) is 2.99. The number of likely N-dealkylation sites (N-methyl/N-ethyl adjacent to an activating group) is 1. The number of halogens is 1. The van der Waals surface area contributed by atoms with E-state index in [1.807, 2.05) is 0 Å². The van der Waals surface area contributed by atoms with Crippen LogP contribution in [0.1, 0.15) is 29.6 Å². The van der Waals surface area contributed by atoms with Crippen molar-refractivity contribution in [3.05, 3.63) is 35.9 Å². The minimum atomic E-state index is -1.89. The molecule has 44 heavy (non-hydrogen) atoms. The number of esters is 1. The van der Waals surface area contributed by atoms with Crippen molar-refractivity contribution in [3.63, 3.8) is 0 Å². The summed E-state index contributed by atoms with van der Waals surface area (Å²) in [5.74, 6) is -0.727. The van der Waals surface area contributed by atoms with Gasteiger partial charge in [-0.25, -0.2) is 9.18 Å². The van der Waals surface area contributed by atoms with Gasteiger partial charge in [-0.3, -0.25) is 0 Å². The van der Waals surface area contributed by atoms with Gasteiger partial charge in [0, 0.05) is 18.1 Å². The van der Waals surface area contributed by atoms with Crippen LogP contribution in [0.3, 0.4) is 0 Å². The lowest BCUT2D eigenvalue weighted by molar-refractivity contribution is -0.367. The van der Waals surface area contributed by atoms with Crippen LogP contribution in [0.4, 0.5) is 4.39 Å². The lowest BCUT2D eigenvalue weighted by atomic mass is 9.85. The summed E-state index contributed by atoms with van der Waals surface area (Å²) in [6, 6.07) is 4.17. The van der Waals surface area contributed by atoms with Gasteiger partial charge in [0.05, 0.1) is 36.5 Å². The molecule has 0 spiro atoms. The fraction of sp³-hybridized carbons (Fsp3) is 0.750. The highest BCUT2D eigenvalue weighted by Crippen LogP contribution is 2.36. The smallest absolute Gasteiger partial charge is 0.338 e. The molecule has 5 rings (SSSR count). The Morgan fingerprint density at radius 2 is 1.61 bits per heavy atom. The number of carbonyl (C=O) groups is 1. The maximum Gasteiger partial charge on any atom is 0.338 e. The summed E-state index contributed by atoms with van der Waals surface area (Å²) >= 11 is 0. The number of hydrogen-bond acceptors (Lipinski definition) is 15. The SMILES string of the molecule is CNC1C(O[C@H]2OC(CO)[C@@H](N)CC2O)O[C@H]2CC(N)[C@@H](O[C@@H]3C(N)C[C@@H](N)C(OC(=O)c4ccccc4)[C@H]3F)OC2C1O. The average molecular weight is 630 g/mol. The maximum atomic E-state index is 15.9. The van der Waals surface area contributed by atoms with Gasteiger partial charge in [-0.1, -0.05) is 18.2 Å². The first-order valence-electron chi connectivity index (χ1n) is 14.9. The number of alkyl halides is 1. The highest BCUT2D eigenvalue weighted by Gasteiger charge is 2.54. The van der Waals surface area contributed by atoms with Crippen molar-refractivity contribution in [3.8, 4) is 0 Å². The lowest BCUT2D eigenvalue weighted by Crippen LogP contribution is -2.69. The number of aliphatic hydroxyl groups excluding tert-OH is 3. The first kappa shape index (κ1) is 33.5. The second kappa shape index (κ2) is 14.3. The summed E-state index contributed by atoms with van der Waals surface area (Å²) < 4.78 is 51.0. The number of fused-ring (bicyclic) bond motifs is 1. The third-order valence-electron chi connectivity index (χ3n) is 8.77. The largest absolute Gasteiger partial charge is 0.454 e. The molecular weight excluding hydrogens is 585 g/mol. The predicted octanol–water partition coefficient (Wildman–Crippen LogP) is -3.08. The normalized spacial score (nSPS) is 46.2. The van der Waals surface area contributed by atoms with Crippen molar-refractivity contribution in [1.29, 1.82) is 0 Å². The van der Waals surface area contributed by atoms with Crippen molar-refractivity contribution in [2.45, 2.75) is 117 Å². The molecule has 3 aliphatic heterocycles. The molecule has 1 aromatic rings. The topological polar surface area (TPSA) is 249 Å². The summed E-state index contributed by atoms with van der Waals surface area (Å²) in [5.41, 5.74) is 24.9. The van der Waals surface area contributed by atoms with Gasteiger partial charge >= 0.3 is 5.97 Å². The van der Waals surface area contributed by atoms with E-state index in [0.29, 0.717) is 0 Å². The van der Waals surface area contributed by atoms with Crippen molar-refractivity contribution in [1.82, 2.24) is 5.32 Å². The van der Waals surface area contributed by atoms with E-state index >= 15 is 4.39 Å². The van der Waals surface area contributed by atoms with Crippen LogP contribution in [0.5, 0.6) is 0 Å². The molecule has 1 saturated carbocycles. The molecule has 1 aromatic carbocycles. The zero-order valence-electron chi connectivity index (χ0n) is 24.3. The fourth-order valence-corrected chi connectivity index (χ4v) is 6.30. The van der Waals surface area contributed by atoms with Crippen LogP contribution in [0, 0.1) is 0 Å². The van der Waals surface area contributed by atoms with E-state index in [2.05, 4.69) is 5.32 Å². The molecule has 9 unspecified atom stereocenters. The molecule has 16 heteroatoms. The van der Waals surface area contributed by atoms with Gasteiger partial charge < -0.3 is 72.0 Å². The van der Waals surface area contributed by atoms with E-state index in [-0.39, 0.29) is 31.4 Å². The van der Waals surface area contributed by atoms with Crippen LogP contribution in [0.15, 0.2) is 30.3 Å². The molecule has 3 saturated heterocycles. The number of aliphatic hydroxyl groups is 3. The lowest BCUT2D eigenvalue weighted by Gasteiger charge is -2.51. The highest BCUT2D eigenvalue weighted by molar-refractivity contribution is 5.89. The standard InChI is InChI=1S/C28H44FN5O10/c1-34-20-21(37)24-17(39-28(20)44-27-16(36)8-12(30)18(10-35)40-27)9-15(33)26(43-24)42-23-14(32)7-13(31)22(19(23)29)41-25(38)11-5-3-2-4-6-11/h2-6,12-24,26-28,34-37H,7-10,30-33H2,1H3/t12-,13+,14?,15?,16?,17-,18?,19+,20?,21?,22?,23+,24?,26-,27+,28?/m0/s1. The van der Waals surface area contributed by atoms with Gasteiger partial charge in [-0.2, -0.15) is 0 Å². The molecule has 12 N–H and O–H groups in total. The Labute approximate surface area is 254 Å². The van der Waals surface area contributed by atoms with Crippen molar-refractivity contribution in [2.75, 3.05) is 13.7 Å². The predicted molar refractivity (Wildman–Crippen MR) is 150 cm³/mol. The van der Waals surface area contributed by atoms with E-state index < -0.39 is 104 Å². The van der Waals surface area contributed by atoms with Crippen LogP contribution in [-0.4, -0.2) is 133 Å². The van der Waals surface area contributed by atoms with Crippen LogP contribution < -0.4 is 28.3 Å². The van der Waals surface area contributed by atoms with E-state index in [1.54, 1.807) is 37.4 Å². The molecule has 3 heterocycles. The molecule has 0 amide bonds. The Balaban J connectivity index is 1.24. The number of carbonyl (C=O) groups excluding carboxylic acids is 1. The Hall–Kier alpha value is -1.90. The minimum Gasteiger partial charge on any atom is -0.454 e. The third kappa shape index (κ3) is 6.92. The second-order valence-electron chi connectivity index (χ2n) is 11.9. The molecule has 16 atom stereocenters. The molecular formula is C28H44FN5O10. The van der Waals surface area contributed by atoms with Gasteiger partial charge in [-0.15, -0.1) is 0 Å². The van der Waals surface area contributed by atoms with Crippen molar-refractivity contribution in [2.24, 2.45) is 22.9 Å². The van der Waals surface area contributed by atoms with E-state index in [9.17, 15) is 20.1 Å². The molecule has 0 aromatic heterocycles. The Bertz CT molecular complexity index is 1100. The summed E-state index contributed by atoms with van der Waals surface area (Å²) in [6.07, 6.45) is -12.3. The maximum absolute atomic E-state index is 15.9. The molecule has 248 valence electrons. The van der Waals surface area contributed by atoms with E-state index in [0.717, 1.165) is 0 Å². The molecule has 0 radical (unpaired) electrons. The number of rotatable bonds is 8. The van der Waals surface area contributed by atoms with Gasteiger partial charge in [-0.05, 0) is 38.4 Å². The van der Waals surface area contributed by atoms with E-state index in [1.165, 1.54) is 0 Å². The number of hydrogen-bond donors (Lipinski definition) is 8. The van der Waals surface area contributed by atoms with Crippen molar-refractivity contribution < 1.29 is 52.9 Å². The Morgan fingerprint density at radius 1 is 0.909 bits per heavy atom. The Morgan fingerprint density at radius 3 is 2.30 bits per heavy atom. The van der Waals surface area contributed by atoms with Crippen LogP contribution >= 0.6 is 0 Å². The van der Waals surface area contributed by atoms with E-state index in [4.69, 9.17) is 51.4 Å². The molecule has 4 aliphatic rings. The van der Waals surface area contributed by atoms with Gasteiger partial charge in [0.25, 0.3) is 0 Å². The van der Waals surface area contributed by atoms with Gasteiger partial charge in [0.1, 0.15) is 24.4 Å². The summed E-state index contributed by atoms with van der Waals surface area (Å²) in [6.45, 7) is -0.362. The third-order valence-corrected chi connectivity index (χ3v) is 8.77.